The van der Waals surface area contributed by atoms with Gasteiger partial charge in [-0.3, -0.25) is 9.59 Å². The number of carbonyl (C=O) groups is 2. The summed E-state index contributed by atoms with van der Waals surface area (Å²) in [6, 6.07) is 12.0. The quantitative estimate of drug-likeness (QED) is 0.432. The van der Waals surface area contributed by atoms with Crippen molar-refractivity contribution in [2.75, 3.05) is 5.32 Å². The summed E-state index contributed by atoms with van der Waals surface area (Å²) in [6.45, 7) is 6.35. The first kappa shape index (κ1) is 27.4. The molecule has 5 rings (SSSR count). The Hall–Kier alpha value is -3.18. The van der Waals surface area contributed by atoms with Crippen LogP contribution in [0.1, 0.15) is 44.2 Å². The van der Waals surface area contributed by atoms with E-state index in [0.717, 1.165) is 0 Å². The number of halogens is 3. The minimum atomic E-state index is -0.978. The molecular formula is C30H29Cl2FN4O2. The fraction of sp³-hybridized carbons (Fsp3) is 0.367. The number of rotatable bonds is 4. The van der Waals surface area contributed by atoms with E-state index in [1.165, 1.54) is 6.07 Å². The van der Waals surface area contributed by atoms with Crippen LogP contribution in [-0.2, 0) is 9.59 Å². The van der Waals surface area contributed by atoms with E-state index in [4.69, 9.17) is 28.5 Å². The Balaban J connectivity index is 1.66. The molecule has 3 aliphatic rings. The molecular weight excluding hydrogens is 538 g/mol. The molecule has 4 bridgehead atoms. The zero-order chi connectivity index (χ0) is 28.1. The van der Waals surface area contributed by atoms with E-state index in [2.05, 4.69) is 42.8 Å². The van der Waals surface area contributed by atoms with Crippen LogP contribution in [0, 0.1) is 40.3 Å². The molecule has 0 saturated carbocycles. The lowest BCUT2D eigenvalue weighted by atomic mass is 9.64. The number of nitrogens with one attached hydrogen (secondary N) is 3. The molecule has 2 aromatic rings. The largest absolute Gasteiger partial charge is 0.329 e. The molecule has 0 spiro atoms. The highest BCUT2D eigenvalue weighted by atomic mass is 35.5. The number of hydrogen-bond donors (Lipinski definition) is 3. The molecule has 39 heavy (non-hydrogen) atoms. The number of carbonyl (C=O) groups excluding carboxylic acids is 2. The van der Waals surface area contributed by atoms with Gasteiger partial charge in [-0.05, 0) is 53.8 Å². The van der Waals surface area contributed by atoms with Gasteiger partial charge in [-0.25, -0.2) is 4.39 Å². The lowest BCUT2D eigenvalue weighted by molar-refractivity contribution is -0.129. The summed E-state index contributed by atoms with van der Waals surface area (Å²) in [7, 11) is 0. The summed E-state index contributed by atoms with van der Waals surface area (Å²) in [5, 5.41) is 19.1. The molecule has 202 valence electrons. The van der Waals surface area contributed by atoms with E-state index in [1.54, 1.807) is 42.5 Å². The van der Waals surface area contributed by atoms with Gasteiger partial charge in [0.2, 0.25) is 11.8 Å². The third-order valence-corrected chi connectivity index (χ3v) is 8.24. The van der Waals surface area contributed by atoms with Crippen LogP contribution in [0.4, 0.5) is 10.1 Å². The number of anilines is 1. The van der Waals surface area contributed by atoms with E-state index in [-0.39, 0.29) is 39.8 Å². The molecule has 2 heterocycles. The van der Waals surface area contributed by atoms with Gasteiger partial charge in [0.05, 0.1) is 28.6 Å². The van der Waals surface area contributed by atoms with Crippen molar-refractivity contribution in [2.45, 2.75) is 45.2 Å². The zero-order valence-electron chi connectivity index (χ0n) is 21.8. The number of piperidine rings is 1. The van der Waals surface area contributed by atoms with Crippen molar-refractivity contribution in [3.63, 3.8) is 0 Å². The number of allylic oxidation sites excluding steroid dienone is 3. The molecule has 2 aromatic carbocycles. The Bertz CT molecular complexity index is 1420. The summed E-state index contributed by atoms with van der Waals surface area (Å²) < 4.78 is 15.7. The molecule has 2 unspecified atom stereocenters. The molecule has 0 radical (unpaired) electrons. The lowest BCUT2D eigenvalue weighted by Crippen LogP contribution is -2.52. The Morgan fingerprint density at radius 3 is 2.49 bits per heavy atom. The Kier molecular flexibility index (Phi) is 7.32. The van der Waals surface area contributed by atoms with E-state index in [9.17, 15) is 9.59 Å². The highest BCUT2D eigenvalue weighted by molar-refractivity contribution is 6.31. The first-order valence-electron chi connectivity index (χ1n) is 12.9. The minimum Gasteiger partial charge on any atom is -0.329 e. The minimum absolute atomic E-state index is 0.0835. The second-order valence-corrected chi connectivity index (χ2v) is 12.5. The highest BCUT2D eigenvalue weighted by Gasteiger charge is 2.55. The van der Waals surface area contributed by atoms with Gasteiger partial charge in [0.15, 0.2) is 0 Å². The fourth-order valence-electron chi connectivity index (χ4n) is 6.25. The molecule has 6 atom stereocenters. The summed E-state index contributed by atoms with van der Waals surface area (Å²) in [5.41, 5.74) is 1.72. The average Bonchev–Trinajstić information content (AvgIpc) is 2.96. The molecule has 2 aliphatic heterocycles. The van der Waals surface area contributed by atoms with Crippen LogP contribution >= 0.6 is 23.2 Å². The van der Waals surface area contributed by atoms with E-state index in [1.807, 2.05) is 6.08 Å². The van der Waals surface area contributed by atoms with E-state index < -0.39 is 29.6 Å². The smallest absolute Gasteiger partial charge is 0.242 e. The molecule has 2 saturated heterocycles. The van der Waals surface area contributed by atoms with Gasteiger partial charge in [-0.1, -0.05) is 62.2 Å². The van der Waals surface area contributed by atoms with E-state index >= 15 is 4.39 Å². The standard InChI is InChI=1S/C30H29Cl2FN4O2/c1-30(2,3)13-22-23-19-11-16(31)12-21(23)37-28(38)25(19)24(18-5-4-6-20(32)26(18)33)27(36-22)29(39)35-17-9-7-15(14-34)8-10-17/h4-12,19,22-25,27,36H,13H2,1-3H3,(H,35,39)(H,37,38)/t19?,22-,23?,24-,25-,27-/m1/s1. The molecule has 2 fully saturated rings. The van der Waals surface area contributed by atoms with Gasteiger partial charge in [0.25, 0.3) is 0 Å². The topological polar surface area (TPSA) is 94.0 Å². The van der Waals surface area contributed by atoms with Crippen molar-refractivity contribution in [2.24, 2.45) is 23.2 Å². The van der Waals surface area contributed by atoms with Crippen molar-refractivity contribution in [1.82, 2.24) is 10.6 Å². The first-order valence-corrected chi connectivity index (χ1v) is 13.6. The van der Waals surface area contributed by atoms with Gasteiger partial charge in [0, 0.05) is 40.2 Å². The molecule has 1 aliphatic carbocycles. The number of nitrogens with zero attached hydrogens (tertiary/aromatic N) is 1. The third-order valence-electron chi connectivity index (χ3n) is 7.71. The Labute approximate surface area is 237 Å². The summed E-state index contributed by atoms with van der Waals surface area (Å²) in [6.07, 6.45) is 4.32. The SMILES string of the molecule is CC(C)(C)C[C@H]1N[C@@H](C(=O)Nc2ccc(C#N)cc2)[C@H](c2cccc(Cl)c2F)[C@@H]2C(=O)NC3=CC(Cl)=CC2C31. The van der Waals surface area contributed by atoms with Gasteiger partial charge in [0.1, 0.15) is 5.82 Å². The maximum Gasteiger partial charge on any atom is 0.242 e. The van der Waals surface area contributed by atoms with Crippen molar-refractivity contribution in [3.8, 4) is 6.07 Å². The normalized spacial score (nSPS) is 27.9. The first-order chi connectivity index (χ1) is 18.5. The van der Waals surface area contributed by atoms with Crippen molar-refractivity contribution < 1.29 is 14.0 Å². The molecule has 9 heteroatoms. The van der Waals surface area contributed by atoms with Crippen LogP contribution in [0.5, 0.6) is 0 Å². The summed E-state index contributed by atoms with van der Waals surface area (Å²) in [4.78, 5) is 27.7. The van der Waals surface area contributed by atoms with Crippen LogP contribution in [0.15, 0.2) is 65.3 Å². The van der Waals surface area contributed by atoms with Crippen LogP contribution in [0.3, 0.4) is 0 Å². The van der Waals surface area contributed by atoms with Gasteiger partial charge in [-0.2, -0.15) is 5.26 Å². The molecule has 3 N–H and O–H groups in total. The number of hydrogen-bond acceptors (Lipinski definition) is 4. The lowest BCUT2D eigenvalue weighted by Gasteiger charge is -2.44. The van der Waals surface area contributed by atoms with Crippen LogP contribution < -0.4 is 16.0 Å². The average molecular weight is 567 g/mol. The number of benzene rings is 2. The van der Waals surface area contributed by atoms with Gasteiger partial charge < -0.3 is 16.0 Å². The Morgan fingerprint density at radius 1 is 1.10 bits per heavy atom. The summed E-state index contributed by atoms with van der Waals surface area (Å²) >= 11 is 12.7. The van der Waals surface area contributed by atoms with Crippen LogP contribution in [0.2, 0.25) is 5.02 Å². The monoisotopic (exact) mass is 566 g/mol. The fourth-order valence-corrected chi connectivity index (χ4v) is 6.70. The number of amides is 2. The van der Waals surface area contributed by atoms with Crippen LogP contribution in [0.25, 0.3) is 0 Å². The second-order valence-electron chi connectivity index (χ2n) is 11.6. The molecule has 0 aromatic heterocycles. The van der Waals surface area contributed by atoms with Crippen molar-refractivity contribution in [3.05, 3.63) is 87.3 Å². The van der Waals surface area contributed by atoms with E-state index in [0.29, 0.717) is 28.4 Å². The highest BCUT2D eigenvalue weighted by Crippen LogP contribution is 2.51. The molecule has 6 nitrogen and oxygen atoms in total. The van der Waals surface area contributed by atoms with Gasteiger partial charge in [-0.15, -0.1) is 0 Å². The van der Waals surface area contributed by atoms with Crippen molar-refractivity contribution >= 4 is 40.7 Å². The maximum absolute atomic E-state index is 15.7. The number of nitriles is 1. The predicted molar refractivity (Wildman–Crippen MR) is 149 cm³/mol. The second kappa shape index (κ2) is 10.4. The maximum atomic E-state index is 15.7. The zero-order valence-corrected chi connectivity index (χ0v) is 23.3. The molecule has 2 amide bonds. The van der Waals surface area contributed by atoms with Gasteiger partial charge >= 0.3 is 0 Å². The van der Waals surface area contributed by atoms with Crippen LogP contribution in [-0.4, -0.2) is 23.9 Å². The van der Waals surface area contributed by atoms with Crippen molar-refractivity contribution in [1.29, 1.82) is 5.26 Å². The third kappa shape index (κ3) is 5.34. The summed E-state index contributed by atoms with van der Waals surface area (Å²) in [5.74, 6) is -3.58. The predicted octanol–water partition coefficient (Wildman–Crippen LogP) is 5.85. The Morgan fingerprint density at radius 2 is 1.82 bits per heavy atom.